The van der Waals surface area contributed by atoms with Gasteiger partial charge in [0, 0.05) is 35.3 Å². The van der Waals surface area contributed by atoms with Crippen LogP contribution in [-0.2, 0) is 11.8 Å². The first-order chi connectivity index (χ1) is 16.4. The molecule has 0 bridgehead atoms. The van der Waals surface area contributed by atoms with Crippen LogP contribution in [0.2, 0.25) is 0 Å². The van der Waals surface area contributed by atoms with Crippen LogP contribution in [0.1, 0.15) is 49.2 Å². The van der Waals surface area contributed by atoms with Crippen LogP contribution in [-0.4, -0.2) is 18.7 Å². The number of para-hydroxylation sites is 1. The first-order valence-electron chi connectivity index (χ1n) is 11.9. The molecule has 0 saturated heterocycles. The predicted molar refractivity (Wildman–Crippen MR) is 141 cm³/mol. The molecular formula is C30H33N3O. The molecular weight excluding hydrogens is 418 g/mol. The summed E-state index contributed by atoms with van der Waals surface area (Å²) in [5, 5.41) is 4.42. The number of carbonyl (C=O) groups excluding carboxylic acids is 1. The van der Waals surface area contributed by atoms with Crippen LogP contribution in [0.3, 0.4) is 0 Å². The van der Waals surface area contributed by atoms with Crippen molar-refractivity contribution in [1.29, 1.82) is 0 Å². The second-order valence-electron chi connectivity index (χ2n) is 9.75. The van der Waals surface area contributed by atoms with Crippen LogP contribution in [0.15, 0.2) is 101 Å². The van der Waals surface area contributed by atoms with Crippen LogP contribution >= 0.6 is 0 Å². The number of hydrogen-bond donors (Lipinski definition) is 1. The number of nitrogens with zero attached hydrogens (tertiary/aromatic N) is 2. The number of fused-ring (bicyclic) bond motifs is 1. The second-order valence-corrected chi connectivity index (χ2v) is 9.75. The number of allylic oxidation sites excluding steroid dienone is 2. The fraction of sp³-hybridized carbons (Fsp3) is 0.267. The van der Waals surface area contributed by atoms with Gasteiger partial charge in [-0.1, -0.05) is 94.4 Å². The van der Waals surface area contributed by atoms with Gasteiger partial charge in [-0.15, -0.1) is 0 Å². The van der Waals surface area contributed by atoms with Crippen molar-refractivity contribution in [1.82, 2.24) is 5.43 Å². The van der Waals surface area contributed by atoms with Crippen molar-refractivity contribution < 1.29 is 4.79 Å². The number of rotatable bonds is 7. The lowest BCUT2D eigenvalue weighted by Crippen LogP contribution is -2.31. The Hall–Kier alpha value is -3.66. The minimum Gasteiger partial charge on any atom is -0.343 e. The van der Waals surface area contributed by atoms with E-state index in [4.69, 9.17) is 0 Å². The molecule has 0 aromatic heterocycles. The third kappa shape index (κ3) is 4.96. The third-order valence-corrected chi connectivity index (χ3v) is 6.24. The summed E-state index contributed by atoms with van der Waals surface area (Å²) in [6.07, 6.45) is 2.57. The molecule has 4 rings (SSSR count). The highest BCUT2D eigenvalue weighted by atomic mass is 16.2. The molecule has 1 heterocycles. The molecule has 4 heteroatoms. The molecule has 1 amide bonds. The maximum atomic E-state index is 12.6. The summed E-state index contributed by atoms with van der Waals surface area (Å²) in [6, 6.07) is 28.3. The monoisotopic (exact) mass is 451 g/mol. The van der Waals surface area contributed by atoms with E-state index in [1.807, 2.05) is 30.5 Å². The zero-order chi connectivity index (χ0) is 24.1. The van der Waals surface area contributed by atoms with Gasteiger partial charge < -0.3 is 4.90 Å². The van der Waals surface area contributed by atoms with E-state index in [2.05, 4.69) is 91.7 Å². The van der Waals surface area contributed by atoms with E-state index in [1.165, 1.54) is 22.5 Å². The minimum absolute atomic E-state index is 0.189. The Morgan fingerprint density at radius 1 is 0.941 bits per heavy atom. The number of benzene rings is 3. The molecule has 0 atom stereocenters. The fourth-order valence-corrected chi connectivity index (χ4v) is 4.78. The highest BCUT2D eigenvalue weighted by Gasteiger charge is 2.41. The van der Waals surface area contributed by atoms with Crippen LogP contribution in [0.5, 0.6) is 0 Å². The number of nitrogens with one attached hydrogen (secondary N) is 1. The molecule has 3 aromatic carbocycles. The quantitative estimate of drug-likeness (QED) is 0.336. The molecule has 4 nitrogen and oxygen atoms in total. The average molecular weight is 452 g/mol. The van der Waals surface area contributed by atoms with Crippen molar-refractivity contribution in [2.24, 2.45) is 11.0 Å². The Morgan fingerprint density at radius 2 is 1.56 bits per heavy atom. The van der Waals surface area contributed by atoms with Gasteiger partial charge in [0.1, 0.15) is 0 Å². The van der Waals surface area contributed by atoms with Crippen LogP contribution in [0, 0.1) is 5.92 Å². The standard InChI is InChI=1S/C30H33N3O/c1-22(2)21-33-27-18-12-11-17-26(27)30(3,4)28(33)25(19-23-13-7-5-8-14-23)20-31-32-29(34)24-15-9-6-10-16-24/h5-18,20,22H,19,21H2,1-4H3,(H,32,34)/b28-25-,31-20+. The number of anilines is 1. The van der Waals surface area contributed by atoms with Gasteiger partial charge in [0.15, 0.2) is 0 Å². The Kier molecular flexibility index (Phi) is 6.97. The van der Waals surface area contributed by atoms with Crippen molar-refractivity contribution in [2.75, 3.05) is 11.4 Å². The minimum atomic E-state index is -0.214. The summed E-state index contributed by atoms with van der Waals surface area (Å²) >= 11 is 0. The Balaban J connectivity index is 1.77. The van der Waals surface area contributed by atoms with Gasteiger partial charge in [-0.3, -0.25) is 4.79 Å². The van der Waals surface area contributed by atoms with E-state index in [0.717, 1.165) is 18.5 Å². The van der Waals surface area contributed by atoms with Gasteiger partial charge >= 0.3 is 0 Å². The zero-order valence-electron chi connectivity index (χ0n) is 20.5. The first-order valence-corrected chi connectivity index (χ1v) is 11.9. The molecule has 0 saturated carbocycles. The van der Waals surface area contributed by atoms with Crippen LogP contribution in [0.4, 0.5) is 5.69 Å². The van der Waals surface area contributed by atoms with Crippen molar-refractivity contribution in [3.05, 3.63) is 113 Å². The van der Waals surface area contributed by atoms with Crippen LogP contribution in [0.25, 0.3) is 0 Å². The molecule has 3 aromatic rings. The Bertz CT molecular complexity index is 1190. The smallest absolute Gasteiger partial charge is 0.271 e. The highest BCUT2D eigenvalue weighted by Crippen LogP contribution is 2.49. The molecule has 174 valence electrons. The Labute approximate surface area is 203 Å². The number of carbonyl (C=O) groups is 1. The molecule has 1 aliphatic heterocycles. The topological polar surface area (TPSA) is 44.7 Å². The average Bonchev–Trinajstić information content (AvgIpc) is 3.05. The molecule has 34 heavy (non-hydrogen) atoms. The molecule has 0 fully saturated rings. The lowest BCUT2D eigenvalue weighted by molar-refractivity contribution is 0.0955. The van der Waals surface area contributed by atoms with Crippen LogP contribution < -0.4 is 10.3 Å². The molecule has 0 spiro atoms. The molecule has 0 unspecified atom stereocenters. The molecule has 0 aliphatic carbocycles. The fourth-order valence-electron chi connectivity index (χ4n) is 4.78. The maximum absolute atomic E-state index is 12.6. The van der Waals surface area contributed by atoms with Gasteiger partial charge in [-0.25, -0.2) is 5.43 Å². The van der Waals surface area contributed by atoms with Gasteiger partial charge in [-0.2, -0.15) is 5.10 Å². The molecule has 1 N–H and O–H groups in total. The summed E-state index contributed by atoms with van der Waals surface area (Å²) in [5.74, 6) is 0.276. The van der Waals surface area contributed by atoms with E-state index in [1.54, 1.807) is 12.1 Å². The lowest BCUT2D eigenvalue weighted by atomic mass is 9.81. The lowest BCUT2D eigenvalue weighted by Gasteiger charge is -2.31. The summed E-state index contributed by atoms with van der Waals surface area (Å²) in [4.78, 5) is 15.0. The largest absolute Gasteiger partial charge is 0.343 e. The predicted octanol–water partition coefficient (Wildman–Crippen LogP) is 6.35. The molecule has 1 aliphatic rings. The van der Waals surface area contributed by atoms with Gasteiger partial charge in [0.25, 0.3) is 5.91 Å². The normalized spacial score (nSPS) is 16.1. The van der Waals surface area contributed by atoms with Gasteiger partial charge in [0.05, 0.1) is 6.21 Å². The van der Waals surface area contributed by atoms with Crippen molar-refractivity contribution in [3.63, 3.8) is 0 Å². The van der Waals surface area contributed by atoms with E-state index in [9.17, 15) is 4.79 Å². The molecule has 0 radical (unpaired) electrons. The van der Waals surface area contributed by atoms with Crippen molar-refractivity contribution in [2.45, 2.75) is 39.5 Å². The van der Waals surface area contributed by atoms with Gasteiger partial charge in [0.2, 0.25) is 0 Å². The van der Waals surface area contributed by atoms with Crippen molar-refractivity contribution in [3.8, 4) is 0 Å². The van der Waals surface area contributed by atoms with Gasteiger partial charge in [-0.05, 0) is 40.8 Å². The third-order valence-electron chi connectivity index (χ3n) is 6.24. The SMILES string of the molecule is CC(C)CN1/C(=C(\C=N\NC(=O)c2ccccc2)Cc2ccccc2)C(C)(C)c2ccccc21. The summed E-state index contributed by atoms with van der Waals surface area (Å²) in [7, 11) is 0. The van der Waals surface area contributed by atoms with E-state index < -0.39 is 0 Å². The highest BCUT2D eigenvalue weighted by molar-refractivity contribution is 5.95. The number of hydrogen-bond acceptors (Lipinski definition) is 3. The summed E-state index contributed by atoms with van der Waals surface area (Å²) in [5.41, 5.74) is 9.24. The Morgan fingerprint density at radius 3 is 2.24 bits per heavy atom. The summed E-state index contributed by atoms with van der Waals surface area (Å²) in [6.45, 7) is 9.97. The number of hydrazone groups is 1. The van der Waals surface area contributed by atoms with E-state index >= 15 is 0 Å². The van der Waals surface area contributed by atoms with Crippen molar-refractivity contribution >= 4 is 17.8 Å². The maximum Gasteiger partial charge on any atom is 0.271 e. The van der Waals surface area contributed by atoms with E-state index in [0.29, 0.717) is 11.5 Å². The zero-order valence-corrected chi connectivity index (χ0v) is 20.5. The number of amides is 1. The van der Waals surface area contributed by atoms with E-state index in [-0.39, 0.29) is 11.3 Å². The first kappa shape index (κ1) is 23.5. The second kappa shape index (κ2) is 10.1. The summed E-state index contributed by atoms with van der Waals surface area (Å²) < 4.78 is 0.